The van der Waals surface area contributed by atoms with E-state index in [4.69, 9.17) is 14.5 Å². The minimum atomic E-state index is -0.657. The summed E-state index contributed by atoms with van der Waals surface area (Å²) >= 11 is 1.27. The van der Waals surface area contributed by atoms with Crippen LogP contribution >= 0.6 is 11.5 Å². The van der Waals surface area contributed by atoms with Crippen molar-refractivity contribution in [3.63, 3.8) is 0 Å². The average Bonchev–Trinajstić information content (AvgIpc) is 3.54. The number of aliphatic imine (C=N–C) groups is 1. The molecule has 3 aliphatic rings. The van der Waals surface area contributed by atoms with Crippen LogP contribution in [0, 0.1) is 0 Å². The first kappa shape index (κ1) is 23.0. The highest BCUT2D eigenvalue weighted by atomic mass is 32.1. The van der Waals surface area contributed by atoms with Gasteiger partial charge < -0.3 is 14.4 Å². The molecule has 1 aromatic carbocycles. The van der Waals surface area contributed by atoms with E-state index in [9.17, 15) is 4.79 Å². The molecule has 5 rings (SSSR count). The number of nitrogens with zero attached hydrogens (tertiary/aromatic N) is 3. The van der Waals surface area contributed by atoms with Crippen molar-refractivity contribution in [2.45, 2.75) is 44.0 Å². The summed E-state index contributed by atoms with van der Waals surface area (Å²) in [6.07, 6.45) is 9.77. The van der Waals surface area contributed by atoms with Crippen LogP contribution in [0.4, 0.5) is 0 Å². The maximum absolute atomic E-state index is 14.0. The fourth-order valence-electron chi connectivity index (χ4n) is 4.77. The molecule has 0 bridgehead atoms. The summed E-state index contributed by atoms with van der Waals surface area (Å²) in [5.74, 6) is 1.08. The highest BCUT2D eigenvalue weighted by molar-refractivity contribution is 7.04. The van der Waals surface area contributed by atoms with Gasteiger partial charge in [0, 0.05) is 17.0 Å². The molecule has 178 valence electrons. The number of hydrogen-bond acceptors (Lipinski definition) is 8. The summed E-state index contributed by atoms with van der Waals surface area (Å²) in [5, 5.41) is 5.43. The Morgan fingerprint density at radius 2 is 2.06 bits per heavy atom. The number of ketones is 1. The average molecular weight is 479 g/mol. The van der Waals surface area contributed by atoms with Gasteiger partial charge in [0.25, 0.3) is 0 Å². The Morgan fingerprint density at radius 3 is 2.82 bits per heavy atom. The smallest absolute Gasteiger partial charge is 0.210 e. The number of carbonyl (C=O) groups excluding carboxylic acids is 1. The molecule has 1 N–H and O–H groups in total. The molecule has 3 atom stereocenters. The van der Waals surface area contributed by atoms with Gasteiger partial charge in [-0.15, -0.1) is 0 Å². The molecule has 3 heterocycles. The lowest BCUT2D eigenvalue weighted by atomic mass is 9.97. The van der Waals surface area contributed by atoms with E-state index < -0.39 is 6.04 Å². The van der Waals surface area contributed by atoms with Gasteiger partial charge >= 0.3 is 0 Å². The number of rotatable bonds is 8. The molecule has 8 heteroatoms. The highest BCUT2D eigenvalue weighted by Gasteiger charge is 2.39. The molecule has 34 heavy (non-hydrogen) atoms. The first-order valence-corrected chi connectivity index (χ1v) is 12.7. The van der Waals surface area contributed by atoms with Crippen LogP contribution < -0.4 is 10.1 Å². The Morgan fingerprint density at radius 1 is 1.26 bits per heavy atom. The SMILES string of the molecule is CCN1CCC(NC(C(=O)c2csnc2-c2ccccc2OC)C2=NC3C=CC=CC3O2)CC1. The van der Waals surface area contributed by atoms with Crippen LogP contribution in [0.1, 0.15) is 30.1 Å². The predicted molar refractivity (Wildman–Crippen MR) is 135 cm³/mol. The van der Waals surface area contributed by atoms with E-state index in [2.05, 4.69) is 21.5 Å². The lowest BCUT2D eigenvalue weighted by Gasteiger charge is -2.33. The Kier molecular flexibility index (Phi) is 6.89. The molecule has 1 saturated heterocycles. The number of piperidine rings is 1. The normalized spacial score (nSPS) is 23.3. The monoisotopic (exact) mass is 478 g/mol. The van der Waals surface area contributed by atoms with Crippen LogP contribution in [0.2, 0.25) is 0 Å². The van der Waals surface area contributed by atoms with Crippen LogP contribution in [0.3, 0.4) is 0 Å². The number of Topliss-reactive ketones (excluding diaryl/α,β-unsaturated/α-hetero) is 1. The van der Waals surface area contributed by atoms with Crippen LogP contribution in [0.15, 0.2) is 58.9 Å². The lowest BCUT2D eigenvalue weighted by Crippen LogP contribution is -2.52. The molecule has 0 amide bonds. The van der Waals surface area contributed by atoms with Gasteiger partial charge in [-0.25, -0.2) is 4.99 Å². The first-order valence-electron chi connectivity index (χ1n) is 11.9. The third-order valence-corrected chi connectivity index (χ3v) is 7.36. The number of para-hydroxylation sites is 1. The zero-order chi connectivity index (χ0) is 23.5. The minimum absolute atomic E-state index is 0.0714. The Balaban J connectivity index is 1.45. The summed E-state index contributed by atoms with van der Waals surface area (Å²) < 4.78 is 16.3. The fourth-order valence-corrected chi connectivity index (χ4v) is 5.46. The van der Waals surface area contributed by atoms with Crippen LogP contribution in [0.5, 0.6) is 5.75 Å². The van der Waals surface area contributed by atoms with E-state index >= 15 is 0 Å². The quantitative estimate of drug-likeness (QED) is 0.583. The molecule has 2 aliphatic heterocycles. The molecular weight excluding hydrogens is 448 g/mol. The molecular formula is C26H30N4O3S. The second-order valence-corrected chi connectivity index (χ2v) is 9.39. The number of carbonyl (C=O) groups is 1. The van der Waals surface area contributed by atoms with Gasteiger partial charge in [-0.3, -0.25) is 10.1 Å². The first-order chi connectivity index (χ1) is 16.7. The molecule has 0 radical (unpaired) electrons. The number of fused-ring (bicyclic) bond motifs is 1. The highest BCUT2D eigenvalue weighted by Crippen LogP contribution is 2.33. The van der Waals surface area contributed by atoms with Crippen LogP contribution in [-0.2, 0) is 4.74 Å². The van der Waals surface area contributed by atoms with Crippen molar-refractivity contribution in [2.75, 3.05) is 26.7 Å². The van der Waals surface area contributed by atoms with E-state index in [0.29, 0.717) is 22.9 Å². The number of allylic oxidation sites excluding steroid dienone is 2. The number of benzene rings is 1. The van der Waals surface area contributed by atoms with Crippen molar-refractivity contribution in [1.82, 2.24) is 14.6 Å². The zero-order valence-corrected chi connectivity index (χ0v) is 20.3. The maximum Gasteiger partial charge on any atom is 0.210 e. The molecule has 0 spiro atoms. The van der Waals surface area contributed by atoms with Gasteiger partial charge in [-0.1, -0.05) is 37.3 Å². The third kappa shape index (κ3) is 4.58. The Labute approximate surface area is 204 Å². The molecule has 0 saturated carbocycles. The van der Waals surface area contributed by atoms with Crippen LogP contribution in [0.25, 0.3) is 11.3 Å². The topological polar surface area (TPSA) is 76.1 Å². The van der Waals surface area contributed by atoms with Crippen molar-refractivity contribution in [2.24, 2.45) is 4.99 Å². The van der Waals surface area contributed by atoms with Gasteiger partial charge in [-0.2, -0.15) is 4.37 Å². The summed E-state index contributed by atoms with van der Waals surface area (Å²) in [5.41, 5.74) is 2.00. The summed E-state index contributed by atoms with van der Waals surface area (Å²) in [4.78, 5) is 21.3. The minimum Gasteiger partial charge on any atom is -0.496 e. The van der Waals surface area contributed by atoms with Gasteiger partial charge in [0.2, 0.25) is 5.90 Å². The number of aromatic nitrogens is 1. The number of hydrogen-bond donors (Lipinski definition) is 1. The van der Waals surface area contributed by atoms with E-state index in [0.717, 1.165) is 38.0 Å². The second-order valence-electron chi connectivity index (χ2n) is 8.76. The van der Waals surface area contributed by atoms with Gasteiger partial charge in [0.15, 0.2) is 5.78 Å². The van der Waals surface area contributed by atoms with E-state index in [1.54, 1.807) is 7.11 Å². The van der Waals surface area contributed by atoms with Gasteiger partial charge in [0.05, 0.1) is 18.4 Å². The van der Waals surface area contributed by atoms with Gasteiger partial charge in [0.1, 0.15) is 23.9 Å². The molecule has 7 nitrogen and oxygen atoms in total. The van der Waals surface area contributed by atoms with Crippen molar-refractivity contribution < 1.29 is 14.3 Å². The van der Waals surface area contributed by atoms with Crippen molar-refractivity contribution in [3.8, 4) is 17.0 Å². The number of likely N-dealkylation sites (tertiary alicyclic amines) is 1. The van der Waals surface area contributed by atoms with E-state index in [1.165, 1.54) is 11.5 Å². The summed E-state index contributed by atoms with van der Waals surface area (Å²) in [6.45, 7) is 5.28. The standard InChI is InChI=1S/C26H30N4O3S/c1-3-30-14-12-17(13-15-30)27-24(26-28-20-9-5-7-11-22(20)33-26)25(31)19-16-34-29-23(19)18-8-4-6-10-21(18)32-2/h4-11,16-17,20,22,24,27H,3,12-15H2,1-2H3. The number of nitrogens with one attached hydrogen (secondary N) is 1. The number of methoxy groups -OCH3 is 1. The largest absolute Gasteiger partial charge is 0.496 e. The summed E-state index contributed by atoms with van der Waals surface area (Å²) in [6, 6.07) is 7.13. The second kappa shape index (κ2) is 10.2. The molecule has 3 unspecified atom stereocenters. The van der Waals surface area contributed by atoms with Crippen molar-refractivity contribution in [1.29, 1.82) is 0 Å². The predicted octanol–water partition coefficient (Wildman–Crippen LogP) is 3.74. The molecule has 1 aromatic heterocycles. The van der Waals surface area contributed by atoms with E-state index in [-0.39, 0.29) is 24.0 Å². The van der Waals surface area contributed by atoms with Crippen LogP contribution in [-0.4, -0.2) is 71.9 Å². The van der Waals surface area contributed by atoms with E-state index in [1.807, 2.05) is 53.9 Å². The zero-order valence-electron chi connectivity index (χ0n) is 19.5. The fraction of sp³-hybridized carbons (Fsp3) is 0.423. The summed E-state index contributed by atoms with van der Waals surface area (Å²) in [7, 11) is 1.63. The van der Waals surface area contributed by atoms with Gasteiger partial charge in [-0.05, 0) is 62.2 Å². The third-order valence-electron chi connectivity index (χ3n) is 6.73. The Hall–Kier alpha value is -2.81. The van der Waals surface area contributed by atoms with Crippen molar-refractivity contribution >= 4 is 23.2 Å². The Bertz CT molecular complexity index is 1120. The molecule has 1 fully saturated rings. The maximum atomic E-state index is 14.0. The number of ether oxygens (including phenoxy) is 2. The lowest BCUT2D eigenvalue weighted by molar-refractivity contribution is 0.0942. The molecule has 1 aliphatic carbocycles. The van der Waals surface area contributed by atoms with Crippen molar-refractivity contribution in [3.05, 3.63) is 59.5 Å². The molecule has 2 aromatic rings.